The van der Waals surface area contributed by atoms with Crippen LogP contribution >= 0.6 is 0 Å². The first kappa shape index (κ1) is 16.9. The van der Waals surface area contributed by atoms with Gasteiger partial charge in [0.25, 0.3) is 5.91 Å². The number of amides is 1. The van der Waals surface area contributed by atoms with Crippen molar-refractivity contribution in [3.63, 3.8) is 0 Å². The summed E-state index contributed by atoms with van der Waals surface area (Å²) < 4.78 is 15.1. The Morgan fingerprint density at radius 1 is 1.29 bits per heavy atom. The maximum Gasteiger partial charge on any atom is 0.270 e. The number of aryl methyl sites for hydroxylation is 1. The number of nitrogens with zero attached hydrogens (tertiary/aromatic N) is 3. The molecule has 3 rings (SSSR count). The molecule has 0 aromatic carbocycles. The minimum atomic E-state index is -0.373. The van der Waals surface area contributed by atoms with E-state index in [2.05, 4.69) is 15.2 Å². The summed E-state index contributed by atoms with van der Waals surface area (Å²) in [5.74, 6) is -0.548. The molecule has 1 amide bonds. The molecule has 1 aliphatic rings. The van der Waals surface area contributed by atoms with Crippen molar-refractivity contribution in [2.75, 3.05) is 26.2 Å². The lowest BCUT2D eigenvalue weighted by molar-refractivity contribution is 0.0945. The molecule has 2 aromatic rings. The van der Waals surface area contributed by atoms with Crippen molar-refractivity contribution in [3.05, 3.63) is 35.5 Å². The number of imidazole rings is 1. The second-order valence-electron chi connectivity index (χ2n) is 6.35. The summed E-state index contributed by atoms with van der Waals surface area (Å²) in [6.07, 6.45) is 6.62. The zero-order chi connectivity index (χ0) is 16.9. The minimum absolute atomic E-state index is 0.175. The van der Waals surface area contributed by atoms with Crippen molar-refractivity contribution in [2.45, 2.75) is 39.0 Å². The Kier molecular flexibility index (Phi) is 5.45. The molecule has 1 fully saturated rings. The molecular formula is C18H25FN4O. The van der Waals surface area contributed by atoms with E-state index in [0.717, 1.165) is 19.4 Å². The lowest BCUT2D eigenvalue weighted by Gasteiger charge is -2.14. The first-order chi connectivity index (χ1) is 11.7. The van der Waals surface area contributed by atoms with E-state index in [1.807, 2.05) is 6.92 Å². The number of fused-ring (bicyclic) bond motifs is 1. The number of rotatable bonds is 7. The van der Waals surface area contributed by atoms with Crippen molar-refractivity contribution in [2.24, 2.45) is 0 Å². The van der Waals surface area contributed by atoms with Crippen LogP contribution < -0.4 is 5.32 Å². The second kappa shape index (κ2) is 7.75. The molecule has 0 bridgehead atoms. The summed E-state index contributed by atoms with van der Waals surface area (Å²) in [5, 5.41) is 2.96. The van der Waals surface area contributed by atoms with Crippen LogP contribution in [-0.4, -0.2) is 46.4 Å². The summed E-state index contributed by atoms with van der Waals surface area (Å²) >= 11 is 0. The Labute approximate surface area is 141 Å². The topological polar surface area (TPSA) is 49.6 Å². The third-order valence-corrected chi connectivity index (χ3v) is 4.59. The number of hydrogen-bond donors (Lipinski definition) is 1. The molecule has 2 aromatic heterocycles. The summed E-state index contributed by atoms with van der Waals surface area (Å²) in [6.45, 7) is 6.11. The predicted octanol–water partition coefficient (Wildman–Crippen LogP) is 2.64. The molecule has 0 aliphatic carbocycles. The van der Waals surface area contributed by atoms with Crippen LogP contribution in [0.2, 0.25) is 0 Å². The van der Waals surface area contributed by atoms with E-state index in [4.69, 9.17) is 0 Å². The van der Waals surface area contributed by atoms with E-state index >= 15 is 0 Å². The first-order valence-electron chi connectivity index (χ1n) is 8.86. The number of aromatic nitrogens is 2. The van der Waals surface area contributed by atoms with Gasteiger partial charge >= 0.3 is 0 Å². The highest BCUT2D eigenvalue weighted by Crippen LogP contribution is 2.15. The molecule has 1 aliphatic heterocycles. The molecule has 0 spiro atoms. The van der Waals surface area contributed by atoms with Gasteiger partial charge in [-0.05, 0) is 63.9 Å². The smallest absolute Gasteiger partial charge is 0.270 e. The Hall–Kier alpha value is -1.95. The molecule has 0 radical (unpaired) electrons. The number of hydrogen-bond acceptors (Lipinski definition) is 3. The van der Waals surface area contributed by atoms with E-state index in [-0.39, 0.29) is 11.7 Å². The zero-order valence-corrected chi connectivity index (χ0v) is 14.2. The van der Waals surface area contributed by atoms with Crippen LogP contribution in [0.1, 0.15) is 48.8 Å². The number of halogens is 1. The van der Waals surface area contributed by atoms with Crippen LogP contribution in [0.4, 0.5) is 4.39 Å². The first-order valence-corrected chi connectivity index (χ1v) is 8.86. The summed E-state index contributed by atoms with van der Waals surface area (Å²) in [7, 11) is 0. The number of carbonyl (C=O) groups is 1. The third kappa shape index (κ3) is 3.75. The van der Waals surface area contributed by atoms with Gasteiger partial charge in [-0.1, -0.05) is 6.92 Å². The van der Waals surface area contributed by atoms with Crippen molar-refractivity contribution in [1.82, 2.24) is 19.6 Å². The molecule has 130 valence electrons. The molecular weight excluding hydrogens is 307 g/mol. The minimum Gasteiger partial charge on any atom is -0.351 e. The molecule has 3 heterocycles. The van der Waals surface area contributed by atoms with Gasteiger partial charge in [0.05, 0.1) is 5.69 Å². The van der Waals surface area contributed by atoms with Crippen molar-refractivity contribution in [3.8, 4) is 0 Å². The predicted molar refractivity (Wildman–Crippen MR) is 91.8 cm³/mol. The average Bonchev–Trinajstić information content (AvgIpc) is 3.21. The molecule has 24 heavy (non-hydrogen) atoms. The maximum atomic E-state index is 13.5. The lowest BCUT2D eigenvalue weighted by Crippen LogP contribution is -2.28. The van der Waals surface area contributed by atoms with Gasteiger partial charge in [-0.15, -0.1) is 0 Å². The quantitative estimate of drug-likeness (QED) is 0.793. The summed E-state index contributed by atoms with van der Waals surface area (Å²) in [5.41, 5.74) is 1.76. The Bertz CT molecular complexity index is 706. The largest absolute Gasteiger partial charge is 0.351 e. The fourth-order valence-corrected chi connectivity index (χ4v) is 3.31. The van der Waals surface area contributed by atoms with Crippen molar-refractivity contribution < 1.29 is 9.18 Å². The second-order valence-corrected chi connectivity index (χ2v) is 6.35. The van der Waals surface area contributed by atoms with Crippen LogP contribution in [0.3, 0.4) is 0 Å². The number of nitrogens with one attached hydrogen (secondary N) is 1. The third-order valence-electron chi connectivity index (χ3n) is 4.59. The number of carbonyl (C=O) groups excluding carboxylic acids is 1. The highest BCUT2D eigenvalue weighted by Gasteiger charge is 2.18. The van der Waals surface area contributed by atoms with Crippen molar-refractivity contribution >= 4 is 11.6 Å². The average molecular weight is 332 g/mol. The summed E-state index contributed by atoms with van der Waals surface area (Å²) in [6, 6.07) is 2.96. The van der Waals surface area contributed by atoms with Gasteiger partial charge in [0.15, 0.2) is 0 Å². The summed E-state index contributed by atoms with van der Waals surface area (Å²) in [4.78, 5) is 19.4. The van der Waals surface area contributed by atoms with E-state index in [1.165, 1.54) is 38.2 Å². The Morgan fingerprint density at radius 3 is 2.83 bits per heavy atom. The Balaban J connectivity index is 1.58. The van der Waals surface area contributed by atoms with Crippen LogP contribution in [0.25, 0.3) is 5.65 Å². The lowest BCUT2D eigenvalue weighted by atomic mass is 10.2. The number of likely N-dealkylation sites (tertiary alicyclic amines) is 1. The molecule has 1 saturated heterocycles. The standard InChI is InChI=1S/C18H25FN4O/c1-2-15-17(23-13-14(19)7-8-16(23)21-15)18(24)20-9-3-4-10-22-11-5-6-12-22/h7-8,13H,2-6,9-12H2,1H3,(H,20,24). The molecule has 0 unspecified atom stereocenters. The molecule has 5 nitrogen and oxygen atoms in total. The Morgan fingerprint density at radius 2 is 2.08 bits per heavy atom. The van der Waals surface area contributed by atoms with Gasteiger partial charge in [-0.2, -0.15) is 0 Å². The molecule has 0 saturated carbocycles. The zero-order valence-electron chi connectivity index (χ0n) is 14.2. The number of pyridine rings is 1. The number of unbranched alkanes of at least 4 members (excludes halogenated alkanes) is 1. The van der Waals surface area contributed by atoms with E-state index in [0.29, 0.717) is 30.0 Å². The van der Waals surface area contributed by atoms with E-state index in [9.17, 15) is 9.18 Å². The van der Waals surface area contributed by atoms with Crippen LogP contribution in [0, 0.1) is 5.82 Å². The van der Waals surface area contributed by atoms with Gasteiger partial charge in [-0.25, -0.2) is 9.37 Å². The highest BCUT2D eigenvalue weighted by molar-refractivity contribution is 5.94. The van der Waals surface area contributed by atoms with Crippen LogP contribution in [-0.2, 0) is 6.42 Å². The normalized spacial score (nSPS) is 15.2. The SMILES string of the molecule is CCc1nc2ccc(F)cn2c1C(=O)NCCCCN1CCCC1. The molecule has 1 N–H and O–H groups in total. The van der Waals surface area contributed by atoms with Gasteiger partial charge in [-0.3, -0.25) is 9.20 Å². The van der Waals surface area contributed by atoms with Crippen molar-refractivity contribution in [1.29, 1.82) is 0 Å². The fraction of sp³-hybridized carbons (Fsp3) is 0.556. The fourth-order valence-electron chi connectivity index (χ4n) is 3.31. The van der Waals surface area contributed by atoms with Gasteiger partial charge in [0, 0.05) is 12.7 Å². The van der Waals surface area contributed by atoms with Gasteiger partial charge in [0.1, 0.15) is 17.2 Å². The maximum absolute atomic E-state index is 13.5. The van der Waals surface area contributed by atoms with Crippen LogP contribution in [0.5, 0.6) is 0 Å². The van der Waals surface area contributed by atoms with E-state index < -0.39 is 0 Å². The highest BCUT2D eigenvalue weighted by atomic mass is 19.1. The van der Waals surface area contributed by atoms with E-state index in [1.54, 1.807) is 10.5 Å². The molecule has 0 atom stereocenters. The van der Waals surface area contributed by atoms with Crippen LogP contribution in [0.15, 0.2) is 18.3 Å². The molecule has 6 heteroatoms. The van der Waals surface area contributed by atoms with Gasteiger partial charge < -0.3 is 10.2 Å². The van der Waals surface area contributed by atoms with Gasteiger partial charge in [0.2, 0.25) is 0 Å². The monoisotopic (exact) mass is 332 g/mol.